The summed E-state index contributed by atoms with van der Waals surface area (Å²) in [7, 11) is 0. The highest BCUT2D eigenvalue weighted by Gasteiger charge is 2.30. The summed E-state index contributed by atoms with van der Waals surface area (Å²) >= 11 is 0. The first-order valence-electron chi connectivity index (χ1n) is 9.09. The molecule has 1 saturated carbocycles. The molecule has 0 amide bonds. The maximum atomic E-state index is 9.68. The highest BCUT2D eigenvalue weighted by Crippen LogP contribution is 2.40. The summed E-state index contributed by atoms with van der Waals surface area (Å²) in [5, 5.41) is 9.68. The van der Waals surface area contributed by atoms with Crippen LogP contribution in [0, 0.1) is 5.41 Å². The van der Waals surface area contributed by atoms with Crippen LogP contribution < -0.4 is 5.73 Å². The fraction of sp³-hybridized carbons (Fsp3) is 1.00. The van der Waals surface area contributed by atoms with Gasteiger partial charge in [-0.1, -0.05) is 64.7 Å². The Kier molecular flexibility index (Phi) is 9.54. The van der Waals surface area contributed by atoms with Gasteiger partial charge in [0.05, 0.1) is 0 Å². The van der Waals surface area contributed by atoms with E-state index in [-0.39, 0.29) is 0 Å². The van der Waals surface area contributed by atoms with Crippen LogP contribution >= 0.6 is 0 Å². The van der Waals surface area contributed by atoms with Crippen LogP contribution in [-0.2, 0) is 0 Å². The van der Waals surface area contributed by atoms with Crippen LogP contribution in [0.2, 0.25) is 0 Å². The number of hydrogen-bond acceptors (Lipinski definition) is 2. The van der Waals surface area contributed by atoms with E-state index in [1.165, 1.54) is 83.5 Å². The summed E-state index contributed by atoms with van der Waals surface area (Å²) < 4.78 is 0. The highest BCUT2D eigenvalue weighted by molar-refractivity contribution is 4.82. The summed E-state index contributed by atoms with van der Waals surface area (Å²) in [6.45, 7) is 2.59. The summed E-state index contributed by atoms with van der Waals surface area (Å²) in [5.41, 5.74) is 6.22. The minimum Gasteiger partial charge on any atom is -0.396 e. The van der Waals surface area contributed by atoms with Gasteiger partial charge in [0, 0.05) is 12.6 Å². The van der Waals surface area contributed by atoms with Gasteiger partial charge in [0.15, 0.2) is 0 Å². The smallest absolute Gasteiger partial charge is 0.0487 e. The topological polar surface area (TPSA) is 46.2 Å². The maximum Gasteiger partial charge on any atom is 0.0487 e. The van der Waals surface area contributed by atoms with Crippen molar-refractivity contribution in [1.82, 2.24) is 0 Å². The normalized spacial score (nSPS) is 19.9. The van der Waals surface area contributed by atoms with Crippen molar-refractivity contribution < 1.29 is 5.11 Å². The van der Waals surface area contributed by atoms with Gasteiger partial charge in [-0.05, 0) is 37.5 Å². The Balaban J connectivity index is 1.96. The molecule has 0 spiro atoms. The lowest BCUT2D eigenvalue weighted by molar-refractivity contribution is 0.0706. The Labute approximate surface area is 126 Å². The van der Waals surface area contributed by atoms with Crippen LogP contribution in [0.3, 0.4) is 0 Å². The molecule has 0 aromatic rings. The van der Waals surface area contributed by atoms with Crippen LogP contribution in [-0.4, -0.2) is 17.8 Å². The van der Waals surface area contributed by atoms with Gasteiger partial charge in [0.1, 0.15) is 0 Å². The van der Waals surface area contributed by atoms with Crippen molar-refractivity contribution in [2.24, 2.45) is 11.1 Å². The van der Waals surface area contributed by atoms with Crippen molar-refractivity contribution in [3.8, 4) is 0 Å². The first-order chi connectivity index (χ1) is 9.72. The minimum absolute atomic E-state index is 0.298. The van der Waals surface area contributed by atoms with Crippen molar-refractivity contribution in [2.45, 2.75) is 103 Å². The van der Waals surface area contributed by atoms with Crippen molar-refractivity contribution in [3.63, 3.8) is 0 Å². The van der Waals surface area contributed by atoms with Crippen LogP contribution in [0.25, 0.3) is 0 Å². The number of rotatable bonds is 11. The molecule has 0 aromatic heterocycles. The van der Waals surface area contributed by atoms with Crippen LogP contribution in [0.1, 0.15) is 96.8 Å². The number of nitrogens with two attached hydrogens (primary N) is 1. The molecule has 120 valence electrons. The van der Waals surface area contributed by atoms with Gasteiger partial charge in [0.2, 0.25) is 0 Å². The standard InChI is InChI=1S/C18H37NO/c1-2-17(19)12-8-5-3-4-6-9-13-18(16-20)14-10-7-11-15-18/h17,20H,2-16,19H2,1H3. The Morgan fingerprint density at radius 1 is 0.950 bits per heavy atom. The van der Waals surface area contributed by atoms with Crippen LogP contribution in [0.15, 0.2) is 0 Å². The molecule has 1 rings (SSSR count). The molecule has 1 unspecified atom stereocenters. The Bertz CT molecular complexity index is 223. The molecule has 1 atom stereocenters. The van der Waals surface area contributed by atoms with Gasteiger partial charge in [-0.15, -0.1) is 0 Å². The van der Waals surface area contributed by atoms with Gasteiger partial charge >= 0.3 is 0 Å². The second kappa shape index (κ2) is 10.6. The van der Waals surface area contributed by atoms with E-state index in [0.29, 0.717) is 18.1 Å². The molecule has 0 saturated heterocycles. The van der Waals surface area contributed by atoms with Crippen molar-refractivity contribution in [1.29, 1.82) is 0 Å². The average molecular weight is 284 g/mol. The van der Waals surface area contributed by atoms with Crippen molar-refractivity contribution >= 4 is 0 Å². The SMILES string of the molecule is CCC(N)CCCCCCCCC1(CO)CCCCC1. The molecule has 0 bridgehead atoms. The van der Waals surface area contributed by atoms with E-state index in [4.69, 9.17) is 5.73 Å². The predicted molar refractivity (Wildman–Crippen MR) is 87.8 cm³/mol. The number of aliphatic hydroxyl groups is 1. The van der Waals surface area contributed by atoms with Crippen LogP contribution in [0.5, 0.6) is 0 Å². The minimum atomic E-state index is 0.298. The number of unbranched alkanes of at least 4 members (excludes halogenated alkanes) is 5. The predicted octanol–water partition coefficient (Wildman–Crippen LogP) is 4.79. The molecule has 2 heteroatoms. The lowest BCUT2D eigenvalue weighted by Crippen LogP contribution is -2.28. The van der Waals surface area contributed by atoms with Gasteiger partial charge in [-0.25, -0.2) is 0 Å². The van der Waals surface area contributed by atoms with Gasteiger partial charge in [0.25, 0.3) is 0 Å². The first kappa shape index (κ1) is 18.0. The van der Waals surface area contributed by atoms with Crippen molar-refractivity contribution in [2.75, 3.05) is 6.61 Å². The maximum absolute atomic E-state index is 9.68. The summed E-state index contributed by atoms with van der Waals surface area (Å²) in [5.74, 6) is 0. The third-order valence-electron chi connectivity index (χ3n) is 5.31. The zero-order valence-corrected chi connectivity index (χ0v) is 13.7. The molecular formula is C18H37NO. The van der Waals surface area contributed by atoms with E-state index < -0.39 is 0 Å². The Hall–Kier alpha value is -0.0800. The lowest BCUT2D eigenvalue weighted by Gasteiger charge is -2.35. The second-order valence-electron chi connectivity index (χ2n) is 7.05. The number of aliphatic hydroxyl groups excluding tert-OH is 1. The van der Waals surface area contributed by atoms with Crippen LogP contribution in [0.4, 0.5) is 0 Å². The molecule has 0 radical (unpaired) electrons. The van der Waals surface area contributed by atoms with E-state index >= 15 is 0 Å². The zero-order chi connectivity index (χ0) is 14.7. The fourth-order valence-electron chi connectivity index (χ4n) is 3.61. The Morgan fingerprint density at radius 2 is 1.55 bits per heavy atom. The second-order valence-corrected chi connectivity index (χ2v) is 7.05. The van der Waals surface area contributed by atoms with E-state index in [0.717, 1.165) is 6.42 Å². The summed E-state index contributed by atoms with van der Waals surface area (Å²) in [6, 6.07) is 0.422. The van der Waals surface area contributed by atoms with E-state index in [1.807, 2.05) is 0 Å². The average Bonchev–Trinajstić information content (AvgIpc) is 2.50. The molecule has 0 aromatic carbocycles. The molecular weight excluding hydrogens is 246 g/mol. The van der Waals surface area contributed by atoms with Gasteiger partial charge in [-0.2, -0.15) is 0 Å². The van der Waals surface area contributed by atoms with Crippen molar-refractivity contribution in [3.05, 3.63) is 0 Å². The molecule has 0 aliphatic heterocycles. The molecule has 1 aliphatic rings. The highest BCUT2D eigenvalue weighted by atomic mass is 16.3. The summed E-state index contributed by atoms with van der Waals surface area (Å²) in [4.78, 5) is 0. The van der Waals surface area contributed by atoms with E-state index in [9.17, 15) is 5.11 Å². The molecule has 2 nitrogen and oxygen atoms in total. The first-order valence-corrected chi connectivity index (χ1v) is 9.09. The zero-order valence-electron chi connectivity index (χ0n) is 13.7. The van der Waals surface area contributed by atoms with E-state index in [2.05, 4.69) is 6.92 Å². The van der Waals surface area contributed by atoms with Gasteiger partial charge in [-0.3, -0.25) is 0 Å². The molecule has 20 heavy (non-hydrogen) atoms. The van der Waals surface area contributed by atoms with Gasteiger partial charge < -0.3 is 10.8 Å². The Morgan fingerprint density at radius 3 is 2.15 bits per heavy atom. The lowest BCUT2D eigenvalue weighted by atomic mass is 9.71. The quantitative estimate of drug-likeness (QED) is 0.536. The van der Waals surface area contributed by atoms with E-state index in [1.54, 1.807) is 0 Å². The third-order valence-corrected chi connectivity index (χ3v) is 5.31. The third kappa shape index (κ3) is 7.08. The molecule has 0 heterocycles. The fourth-order valence-corrected chi connectivity index (χ4v) is 3.61. The molecule has 1 aliphatic carbocycles. The largest absolute Gasteiger partial charge is 0.396 e. The number of hydrogen-bond donors (Lipinski definition) is 2. The monoisotopic (exact) mass is 283 g/mol. The molecule has 1 fully saturated rings. The molecule has 3 N–H and O–H groups in total. The summed E-state index contributed by atoms with van der Waals surface area (Å²) in [6.07, 6.45) is 18.2.